The van der Waals surface area contributed by atoms with Crippen molar-refractivity contribution in [3.05, 3.63) is 0 Å². The van der Waals surface area contributed by atoms with E-state index in [1.807, 2.05) is 0 Å². The first-order valence-electron chi connectivity index (χ1n) is 10.9. The highest BCUT2D eigenvalue weighted by Crippen LogP contribution is 2.04. The summed E-state index contributed by atoms with van der Waals surface area (Å²) in [5.41, 5.74) is 0. The fourth-order valence-corrected chi connectivity index (χ4v) is 2.59. The molecular weight excluding hydrogens is 440 g/mol. The number of hydrogen-bond donors (Lipinski definition) is 2. The first-order valence-corrected chi connectivity index (χ1v) is 10.9. The van der Waals surface area contributed by atoms with Crippen LogP contribution in [0.1, 0.15) is 59.8 Å². The van der Waals surface area contributed by atoms with Crippen molar-refractivity contribution in [1.82, 2.24) is 10.6 Å². The van der Waals surface area contributed by atoms with Gasteiger partial charge in [-0.2, -0.15) is 0 Å². The predicted octanol–water partition coefficient (Wildman–Crippen LogP) is 0.159. The Bertz CT molecular complexity index is 624. The fourth-order valence-electron chi connectivity index (χ4n) is 2.59. The van der Waals surface area contributed by atoms with Crippen LogP contribution in [0.5, 0.6) is 0 Å². The fraction of sp³-hybridized carbons (Fsp3) is 0.714. The minimum absolute atomic E-state index is 0.0711. The molecule has 0 aliphatic carbocycles. The predicted molar refractivity (Wildman–Crippen MR) is 113 cm³/mol. The van der Waals surface area contributed by atoms with Crippen LogP contribution in [-0.2, 0) is 47.7 Å². The third-order valence-electron chi connectivity index (χ3n) is 3.97. The lowest BCUT2D eigenvalue weighted by Gasteiger charge is -2.17. The molecular formula is C21H34N2O10. The zero-order valence-corrected chi connectivity index (χ0v) is 19.6. The van der Waals surface area contributed by atoms with Crippen molar-refractivity contribution in [3.8, 4) is 0 Å². The van der Waals surface area contributed by atoms with E-state index in [0.717, 1.165) is 0 Å². The Labute approximate surface area is 193 Å². The molecule has 33 heavy (non-hydrogen) atoms. The average Bonchev–Trinajstić information content (AvgIpc) is 2.73. The molecule has 0 heterocycles. The summed E-state index contributed by atoms with van der Waals surface area (Å²) in [6.45, 7) is 6.79. The number of hydrogen-bond acceptors (Lipinski definition) is 10. The van der Waals surface area contributed by atoms with Crippen molar-refractivity contribution in [1.29, 1.82) is 0 Å². The molecule has 0 saturated carbocycles. The molecule has 0 aromatic rings. The molecule has 0 unspecified atom stereocenters. The van der Waals surface area contributed by atoms with Gasteiger partial charge in [0.25, 0.3) is 0 Å². The molecule has 188 valence electrons. The lowest BCUT2D eigenvalue weighted by molar-refractivity contribution is -0.153. The van der Waals surface area contributed by atoms with Gasteiger partial charge in [0, 0.05) is 12.8 Å². The normalized spacial score (nSPS) is 12.0. The topological polar surface area (TPSA) is 163 Å². The Kier molecular flexibility index (Phi) is 15.7. The van der Waals surface area contributed by atoms with Crippen LogP contribution in [0.15, 0.2) is 0 Å². The summed E-state index contributed by atoms with van der Waals surface area (Å²) in [7, 11) is 0. The Balaban J connectivity index is 4.72. The standard InChI is InChI=1S/C21H34N2O10/c1-5-30-18(26)12-14(20(28)32-7-3)22-16(24)10-9-11-17(25)23-15(21(29)33-8-4)13-19(27)31-6-2/h14-15H,5-13H2,1-4H3,(H,22,24)(H,23,25)/t14-,15-/m0/s1. The van der Waals surface area contributed by atoms with E-state index in [2.05, 4.69) is 10.6 Å². The van der Waals surface area contributed by atoms with Crippen LogP contribution < -0.4 is 10.6 Å². The third kappa shape index (κ3) is 13.8. The van der Waals surface area contributed by atoms with E-state index in [9.17, 15) is 28.8 Å². The molecule has 2 amide bonds. The second-order valence-electron chi connectivity index (χ2n) is 6.62. The smallest absolute Gasteiger partial charge is 0.329 e. The van der Waals surface area contributed by atoms with Crippen LogP contribution in [0.3, 0.4) is 0 Å². The first-order chi connectivity index (χ1) is 15.7. The van der Waals surface area contributed by atoms with Gasteiger partial charge in [-0.05, 0) is 34.1 Å². The number of amides is 2. The molecule has 0 radical (unpaired) electrons. The molecule has 2 N–H and O–H groups in total. The summed E-state index contributed by atoms with van der Waals surface area (Å²) in [5.74, 6) is -4.01. The van der Waals surface area contributed by atoms with Crippen LogP contribution in [0.25, 0.3) is 0 Å². The Morgan fingerprint density at radius 2 is 0.909 bits per heavy atom. The van der Waals surface area contributed by atoms with Gasteiger partial charge in [-0.25, -0.2) is 9.59 Å². The van der Waals surface area contributed by atoms with E-state index >= 15 is 0 Å². The molecule has 12 heteroatoms. The molecule has 12 nitrogen and oxygen atoms in total. The third-order valence-corrected chi connectivity index (χ3v) is 3.97. The van der Waals surface area contributed by atoms with Crippen molar-refractivity contribution in [3.63, 3.8) is 0 Å². The maximum absolute atomic E-state index is 12.2. The van der Waals surface area contributed by atoms with Crippen LogP contribution in [-0.4, -0.2) is 74.2 Å². The molecule has 0 saturated heterocycles. The molecule has 0 bridgehead atoms. The molecule has 0 rings (SSSR count). The van der Waals surface area contributed by atoms with E-state index in [1.165, 1.54) is 0 Å². The van der Waals surface area contributed by atoms with Gasteiger partial charge in [-0.1, -0.05) is 0 Å². The minimum atomic E-state index is -1.21. The number of carbonyl (C=O) groups is 6. The quantitative estimate of drug-likeness (QED) is 0.233. The van der Waals surface area contributed by atoms with Crippen LogP contribution >= 0.6 is 0 Å². The molecule has 0 spiro atoms. The lowest BCUT2D eigenvalue weighted by Crippen LogP contribution is -2.44. The Morgan fingerprint density at radius 3 is 1.21 bits per heavy atom. The van der Waals surface area contributed by atoms with E-state index in [1.54, 1.807) is 27.7 Å². The molecule has 2 atom stereocenters. The molecule has 0 fully saturated rings. The summed E-state index contributed by atoms with van der Waals surface area (Å²) in [5, 5.41) is 4.80. The monoisotopic (exact) mass is 474 g/mol. The van der Waals surface area contributed by atoms with E-state index < -0.39 is 47.8 Å². The van der Waals surface area contributed by atoms with Crippen LogP contribution in [0.4, 0.5) is 0 Å². The molecule has 0 aliphatic heterocycles. The second kappa shape index (κ2) is 17.4. The summed E-state index contributed by atoms with van der Waals surface area (Å²) >= 11 is 0. The summed E-state index contributed by atoms with van der Waals surface area (Å²) < 4.78 is 19.3. The van der Waals surface area contributed by atoms with Gasteiger partial charge >= 0.3 is 23.9 Å². The number of rotatable bonds is 16. The largest absolute Gasteiger partial charge is 0.466 e. The molecule has 0 aromatic heterocycles. The highest BCUT2D eigenvalue weighted by molar-refractivity contribution is 5.89. The zero-order valence-electron chi connectivity index (χ0n) is 19.6. The van der Waals surface area contributed by atoms with Crippen LogP contribution in [0, 0.1) is 0 Å². The number of nitrogens with one attached hydrogen (secondary N) is 2. The van der Waals surface area contributed by atoms with Crippen molar-refractivity contribution in [2.75, 3.05) is 26.4 Å². The Hall–Kier alpha value is -3.18. The van der Waals surface area contributed by atoms with Crippen molar-refractivity contribution >= 4 is 35.7 Å². The average molecular weight is 475 g/mol. The van der Waals surface area contributed by atoms with Gasteiger partial charge in [0.05, 0.1) is 39.3 Å². The molecule has 0 aromatic carbocycles. The van der Waals surface area contributed by atoms with Crippen molar-refractivity contribution in [2.24, 2.45) is 0 Å². The summed E-state index contributed by atoms with van der Waals surface area (Å²) in [4.78, 5) is 71.6. The van der Waals surface area contributed by atoms with E-state index in [0.29, 0.717) is 0 Å². The zero-order chi connectivity index (χ0) is 25.2. The van der Waals surface area contributed by atoms with Gasteiger partial charge in [-0.15, -0.1) is 0 Å². The van der Waals surface area contributed by atoms with Gasteiger partial charge in [0.2, 0.25) is 11.8 Å². The maximum atomic E-state index is 12.2. The highest BCUT2D eigenvalue weighted by atomic mass is 16.5. The summed E-state index contributed by atoms with van der Waals surface area (Å²) in [6, 6.07) is -2.41. The number of carbonyl (C=O) groups excluding carboxylic acids is 6. The minimum Gasteiger partial charge on any atom is -0.466 e. The number of ether oxygens (including phenoxy) is 4. The second-order valence-corrected chi connectivity index (χ2v) is 6.62. The highest BCUT2D eigenvalue weighted by Gasteiger charge is 2.27. The first kappa shape index (κ1) is 29.8. The van der Waals surface area contributed by atoms with Gasteiger partial charge in [0.1, 0.15) is 12.1 Å². The SMILES string of the molecule is CCOC(=O)C[C@H](NC(=O)CCCC(=O)N[C@@H](CC(=O)OCC)C(=O)OCC)C(=O)OCC. The molecule has 0 aliphatic rings. The van der Waals surface area contributed by atoms with Gasteiger partial charge in [0.15, 0.2) is 0 Å². The van der Waals surface area contributed by atoms with Crippen molar-refractivity contribution < 1.29 is 47.7 Å². The number of esters is 4. The van der Waals surface area contributed by atoms with Gasteiger partial charge in [-0.3, -0.25) is 19.2 Å². The lowest BCUT2D eigenvalue weighted by atomic mass is 10.1. The summed E-state index contributed by atoms with van der Waals surface area (Å²) in [6.07, 6.45) is -0.939. The van der Waals surface area contributed by atoms with Crippen molar-refractivity contribution in [2.45, 2.75) is 71.9 Å². The van der Waals surface area contributed by atoms with E-state index in [4.69, 9.17) is 18.9 Å². The Morgan fingerprint density at radius 1 is 0.576 bits per heavy atom. The maximum Gasteiger partial charge on any atom is 0.329 e. The van der Waals surface area contributed by atoms with Crippen LogP contribution in [0.2, 0.25) is 0 Å². The van der Waals surface area contributed by atoms with Gasteiger partial charge < -0.3 is 29.6 Å². The van der Waals surface area contributed by atoms with E-state index in [-0.39, 0.29) is 58.5 Å².